The Hall–Kier alpha value is -3.86. The maximum absolute atomic E-state index is 12.0. The van der Waals surface area contributed by atoms with Crippen LogP contribution in [-0.4, -0.2) is 15.6 Å². The van der Waals surface area contributed by atoms with Gasteiger partial charge in [0.2, 0.25) is 0 Å². The van der Waals surface area contributed by atoms with Crippen molar-refractivity contribution in [3.8, 4) is 11.8 Å². The van der Waals surface area contributed by atoms with E-state index in [0.717, 1.165) is 5.56 Å². The third-order valence-electron chi connectivity index (χ3n) is 3.87. The number of amides is 1. The van der Waals surface area contributed by atoms with Gasteiger partial charge in [0.15, 0.2) is 5.75 Å². The van der Waals surface area contributed by atoms with Crippen molar-refractivity contribution in [3.05, 3.63) is 69.9 Å². The summed E-state index contributed by atoms with van der Waals surface area (Å²) in [6, 6.07) is 13.2. The molecule has 0 aliphatic heterocycles. The van der Waals surface area contributed by atoms with E-state index in [0.29, 0.717) is 22.2 Å². The highest BCUT2D eigenvalue weighted by molar-refractivity contribution is 5.90. The lowest BCUT2D eigenvalue weighted by molar-refractivity contribution is -0.384. The molecule has 8 heteroatoms. The van der Waals surface area contributed by atoms with E-state index in [2.05, 4.69) is 5.32 Å². The quantitative estimate of drug-likeness (QED) is 0.573. The van der Waals surface area contributed by atoms with Gasteiger partial charge < -0.3 is 14.6 Å². The molecule has 0 atom stereocenters. The molecule has 3 aromatic rings. The number of hydrogen-bond acceptors (Lipinski definition) is 5. The average Bonchev–Trinajstić information content (AvgIpc) is 2.95. The molecule has 0 aliphatic rings. The summed E-state index contributed by atoms with van der Waals surface area (Å²) >= 11 is 0. The summed E-state index contributed by atoms with van der Waals surface area (Å²) in [4.78, 5) is 22.4. The number of nitriles is 1. The molecule has 1 aromatic heterocycles. The van der Waals surface area contributed by atoms with Gasteiger partial charge in [-0.15, -0.1) is 0 Å². The molecule has 1 N–H and O–H groups in total. The Morgan fingerprint density at radius 3 is 2.69 bits per heavy atom. The van der Waals surface area contributed by atoms with Gasteiger partial charge in [-0.3, -0.25) is 10.1 Å². The Morgan fingerprint density at radius 2 is 2.04 bits per heavy atom. The molecule has 0 fully saturated rings. The minimum absolute atomic E-state index is 0.0319. The number of carbonyl (C=O) groups is 1. The Balaban J connectivity index is 1.71. The SMILES string of the molecule is Cn1cc(OC(=O)NCc2ccc(C#N)cc2)c2ccc([N+](=O)[O-])cc21. The number of nitrogens with zero attached hydrogens (tertiary/aromatic N) is 3. The van der Waals surface area contributed by atoms with Crippen LogP contribution in [0.4, 0.5) is 10.5 Å². The van der Waals surface area contributed by atoms with Gasteiger partial charge in [0.1, 0.15) is 0 Å². The predicted molar refractivity (Wildman–Crippen MR) is 93.6 cm³/mol. The largest absolute Gasteiger partial charge is 0.412 e. The van der Waals surface area contributed by atoms with E-state index >= 15 is 0 Å². The second kappa shape index (κ2) is 6.94. The van der Waals surface area contributed by atoms with E-state index in [1.165, 1.54) is 12.1 Å². The monoisotopic (exact) mass is 350 g/mol. The van der Waals surface area contributed by atoms with Crippen molar-refractivity contribution in [2.45, 2.75) is 6.54 Å². The summed E-state index contributed by atoms with van der Waals surface area (Å²) in [6.07, 6.45) is 0.954. The first-order valence-electron chi connectivity index (χ1n) is 7.66. The lowest BCUT2D eigenvalue weighted by atomic mass is 10.1. The highest BCUT2D eigenvalue weighted by atomic mass is 16.6. The number of hydrogen-bond donors (Lipinski definition) is 1. The van der Waals surface area contributed by atoms with Crippen LogP contribution in [0.1, 0.15) is 11.1 Å². The topological polar surface area (TPSA) is 110 Å². The molecular formula is C18H14N4O4. The summed E-state index contributed by atoms with van der Waals surface area (Å²) in [7, 11) is 1.72. The first-order chi connectivity index (χ1) is 12.5. The van der Waals surface area contributed by atoms with E-state index in [9.17, 15) is 14.9 Å². The van der Waals surface area contributed by atoms with Crippen molar-refractivity contribution >= 4 is 22.7 Å². The summed E-state index contributed by atoms with van der Waals surface area (Å²) in [6.45, 7) is 0.251. The van der Waals surface area contributed by atoms with Crippen LogP contribution in [0.3, 0.4) is 0 Å². The van der Waals surface area contributed by atoms with Crippen LogP contribution >= 0.6 is 0 Å². The number of fused-ring (bicyclic) bond motifs is 1. The fourth-order valence-corrected chi connectivity index (χ4v) is 2.54. The zero-order valence-electron chi connectivity index (χ0n) is 13.8. The van der Waals surface area contributed by atoms with Crippen molar-refractivity contribution < 1.29 is 14.5 Å². The maximum atomic E-state index is 12.0. The van der Waals surface area contributed by atoms with Gasteiger partial charge in [0.05, 0.1) is 22.1 Å². The number of nitro groups is 1. The van der Waals surface area contributed by atoms with Crippen LogP contribution < -0.4 is 10.1 Å². The average molecular weight is 350 g/mol. The van der Waals surface area contributed by atoms with Gasteiger partial charge in [0, 0.05) is 37.3 Å². The number of nitrogens with one attached hydrogen (secondary N) is 1. The Morgan fingerprint density at radius 1 is 1.31 bits per heavy atom. The zero-order chi connectivity index (χ0) is 18.7. The van der Waals surface area contributed by atoms with Crippen molar-refractivity contribution in [2.24, 2.45) is 7.05 Å². The van der Waals surface area contributed by atoms with Crippen LogP contribution in [-0.2, 0) is 13.6 Å². The third kappa shape index (κ3) is 3.47. The van der Waals surface area contributed by atoms with Gasteiger partial charge in [-0.1, -0.05) is 12.1 Å². The first-order valence-corrected chi connectivity index (χ1v) is 7.66. The molecule has 0 saturated carbocycles. The number of carbonyl (C=O) groups excluding carboxylic acids is 1. The van der Waals surface area contributed by atoms with Crippen LogP contribution in [0.25, 0.3) is 10.9 Å². The highest BCUT2D eigenvalue weighted by Crippen LogP contribution is 2.30. The molecule has 0 aliphatic carbocycles. The third-order valence-corrected chi connectivity index (χ3v) is 3.87. The van der Waals surface area contributed by atoms with Crippen LogP contribution in [0.2, 0.25) is 0 Å². The summed E-state index contributed by atoms with van der Waals surface area (Å²) in [5.74, 6) is 0.315. The molecule has 26 heavy (non-hydrogen) atoms. The highest BCUT2D eigenvalue weighted by Gasteiger charge is 2.15. The van der Waals surface area contributed by atoms with E-state index < -0.39 is 11.0 Å². The minimum Gasteiger partial charge on any atom is -0.408 e. The summed E-state index contributed by atoms with van der Waals surface area (Å²) in [5.41, 5.74) is 1.93. The van der Waals surface area contributed by atoms with E-state index in [-0.39, 0.29) is 12.2 Å². The molecule has 3 rings (SSSR count). The number of aryl methyl sites for hydroxylation is 1. The molecule has 8 nitrogen and oxygen atoms in total. The van der Waals surface area contributed by atoms with Crippen LogP contribution in [0.15, 0.2) is 48.7 Å². The molecule has 0 bridgehead atoms. The van der Waals surface area contributed by atoms with Crippen molar-refractivity contribution in [1.29, 1.82) is 5.26 Å². The number of benzene rings is 2. The molecule has 0 spiro atoms. The predicted octanol–water partition coefficient (Wildman–Crippen LogP) is 3.25. The Kier molecular flexibility index (Phi) is 4.53. The number of nitro benzene ring substituents is 1. The zero-order valence-corrected chi connectivity index (χ0v) is 13.8. The molecule has 130 valence electrons. The van der Waals surface area contributed by atoms with Crippen LogP contribution in [0, 0.1) is 21.4 Å². The summed E-state index contributed by atoms with van der Waals surface area (Å²) < 4.78 is 6.98. The normalized spacial score (nSPS) is 10.3. The smallest absolute Gasteiger partial charge is 0.408 e. The minimum atomic E-state index is -0.639. The van der Waals surface area contributed by atoms with E-state index in [4.69, 9.17) is 10.00 Å². The first kappa shape index (κ1) is 17.0. The van der Waals surface area contributed by atoms with Gasteiger partial charge in [0.25, 0.3) is 5.69 Å². The van der Waals surface area contributed by atoms with Gasteiger partial charge in [-0.2, -0.15) is 5.26 Å². The molecule has 1 amide bonds. The molecule has 0 unspecified atom stereocenters. The van der Waals surface area contributed by atoms with E-state index in [1.54, 1.807) is 48.1 Å². The lowest BCUT2D eigenvalue weighted by Gasteiger charge is -2.06. The maximum Gasteiger partial charge on any atom is 0.412 e. The number of aromatic nitrogens is 1. The second-order valence-corrected chi connectivity index (χ2v) is 5.61. The molecular weight excluding hydrogens is 336 g/mol. The Bertz CT molecular complexity index is 1030. The molecule has 1 heterocycles. The fraction of sp³-hybridized carbons (Fsp3) is 0.111. The van der Waals surface area contributed by atoms with Crippen molar-refractivity contribution in [2.75, 3.05) is 0 Å². The summed E-state index contributed by atoms with van der Waals surface area (Å²) in [5, 5.41) is 22.9. The van der Waals surface area contributed by atoms with E-state index in [1.807, 2.05) is 6.07 Å². The number of non-ortho nitro benzene ring substituents is 1. The number of ether oxygens (including phenoxy) is 1. The Labute approximate surface area is 148 Å². The molecule has 0 saturated heterocycles. The number of rotatable bonds is 4. The molecule has 0 radical (unpaired) electrons. The van der Waals surface area contributed by atoms with Crippen LogP contribution in [0.5, 0.6) is 5.75 Å². The fourth-order valence-electron chi connectivity index (χ4n) is 2.54. The second-order valence-electron chi connectivity index (χ2n) is 5.61. The van der Waals surface area contributed by atoms with Gasteiger partial charge >= 0.3 is 6.09 Å². The lowest BCUT2D eigenvalue weighted by Crippen LogP contribution is -2.26. The van der Waals surface area contributed by atoms with Gasteiger partial charge in [-0.05, 0) is 23.8 Å². The van der Waals surface area contributed by atoms with Crippen molar-refractivity contribution in [3.63, 3.8) is 0 Å². The molecule has 2 aromatic carbocycles. The standard InChI is InChI=1S/C18H14N4O4/c1-21-11-17(15-7-6-14(22(24)25)8-16(15)21)26-18(23)20-10-13-4-2-12(9-19)3-5-13/h2-8,11H,10H2,1H3,(H,20,23). The van der Waals surface area contributed by atoms with Gasteiger partial charge in [-0.25, -0.2) is 4.79 Å². The van der Waals surface area contributed by atoms with Crippen molar-refractivity contribution in [1.82, 2.24) is 9.88 Å².